The van der Waals surface area contributed by atoms with Crippen LogP contribution in [0, 0.1) is 0 Å². The van der Waals surface area contributed by atoms with E-state index in [0.29, 0.717) is 0 Å². The molecule has 0 aromatic heterocycles. The van der Waals surface area contributed by atoms with Gasteiger partial charge in [0.05, 0.1) is 6.61 Å². The number of aliphatic hydroxyl groups is 4. The van der Waals surface area contributed by atoms with Crippen LogP contribution in [-0.2, 0) is 28.2 Å². The standard InChI is InChI=1S/C6H8O6.3Na.4O.V/c7-1-2(8)5-3(9)4(10)6(11)12-5;;;;;;;;/h2,5,7-10H,1H2;;;;;;;;/q;3*+1;;3*-1;/t2-,5+;;;;;;;;/m0......../s1. The van der Waals surface area contributed by atoms with Crippen molar-refractivity contribution in [3.63, 3.8) is 0 Å². The third-order valence-corrected chi connectivity index (χ3v) is 1.48. The fraction of sp³-hybridized carbons (Fsp3) is 0.500. The van der Waals surface area contributed by atoms with Gasteiger partial charge in [-0.15, -0.1) is 0 Å². The summed E-state index contributed by atoms with van der Waals surface area (Å²) in [6.45, 7) is -0.671. The molecule has 1 aliphatic rings. The zero-order chi connectivity index (χ0) is 13.8. The molecule has 1 aliphatic heterocycles. The van der Waals surface area contributed by atoms with Crippen LogP contribution in [0.1, 0.15) is 0 Å². The van der Waals surface area contributed by atoms with Crippen LogP contribution in [0.25, 0.3) is 0 Å². The Morgan fingerprint density at radius 1 is 1.20 bits per heavy atom. The second-order valence-corrected chi connectivity index (χ2v) is 4.15. The van der Waals surface area contributed by atoms with Crippen molar-refractivity contribution in [2.75, 3.05) is 6.61 Å². The fourth-order valence-electron chi connectivity index (χ4n) is 0.823. The van der Waals surface area contributed by atoms with E-state index in [4.69, 9.17) is 36.2 Å². The maximum absolute atomic E-state index is 10.5. The van der Waals surface area contributed by atoms with Gasteiger partial charge in [-0.05, 0) is 0 Å². The number of esters is 1. The molecule has 0 amide bonds. The number of ether oxygens (including phenoxy) is 1. The predicted molar refractivity (Wildman–Crippen MR) is 35.9 cm³/mol. The molecule has 0 saturated carbocycles. The van der Waals surface area contributed by atoms with E-state index < -0.39 is 51.3 Å². The van der Waals surface area contributed by atoms with E-state index in [1.807, 2.05) is 0 Å². The first kappa shape index (κ1) is 29.9. The van der Waals surface area contributed by atoms with Gasteiger partial charge in [-0.2, -0.15) is 0 Å². The number of carbonyl (C=O) groups is 1. The molecule has 0 fully saturated rings. The van der Waals surface area contributed by atoms with Crippen molar-refractivity contribution in [2.45, 2.75) is 12.2 Å². The van der Waals surface area contributed by atoms with Crippen LogP contribution in [0.15, 0.2) is 11.5 Å². The van der Waals surface area contributed by atoms with E-state index in [9.17, 15) is 4.79 Å². The molecule has 0 bridgehead atoms. The van der Waals surface area contributed by atoms with Crippen LogP contribution in [0.3, 0.4) is 0 Å². The van der Waals surface area contributed by atoms with E-state index in [1.54, 1.807) is 0 Å². The summed E-state index contributed by atoms with van der Waals surface area (Å²) in [5.74, 6) is -2.78. The number of cyclic esters (lactones) is 1. The fourth-order valence-corrected chi connectivity index (χ4v) is 0.823. The van der Waals surface area contributed by atoms with Gasteiger partial charge in [-0.3, -0.25) is 0 Å². The van der Waals surface area contributed by atoms with Gasteiger partial charge < -0.3 is 25.2 Å². The Labute approximate surface area is 183 Å². The van der Waals surface area contributed by atoms with Crippen LogP contribution in [0.4, 0.5) is 0 Å². The molecule has 20 heavy (non-hydrogen) atoms. The summed E-state index contributed by atoms with van der Waals surface area (Å²) in [4.78, 5) is 10.5. The number of carbonyl (C=O) groups excluding carboxylic acids is 1. The Hall–Kier alpha value is 1.99. The van der Waals surface area contributed by atoms with Gasteiger partial charge >= 0.3 is 125 Å². The van der Waals surface area contributed by atoms with Crippen LogP contribution >= 0.6 is 0 Å². The van der Waals surface area contributed by atoms with Crippen molar-refractivity contribution in [1.82, 2.24) is 0 Å². The van der Waals surface area contributed by atoms with E-state index in [2.05, 4.69) is 4.74 Å². The zero-order valence-corrected chi connectivity index (χ0v) is 18.4. The Morgan fingerprint density at radius 3 is 1.75 bits per heavy atom. The van der Waals surface area contributed by atoms with E-state index in [0.717, 1.165) is 0 Å². The van der Waals surface area contributed by atoms with Gasteiger partial charge in [0.2, 0.25) is 5.76 Å². The molecule has 10 nitrogen and oxygen atoms in total. The van der Waals surface area contributed by atoms with E-state index in [-0.39, 0.29) is 88.7 Å². The van der Waals surface area contributed by atoms with E-state index in [1.165, 1.54) is 0 Å². The average molecular weight is 360 g/mol. The van der Waals surface area contributed by atoms with Crippen LogP contribution in [0.5, 0.6) is 0 Å². The van der Waals surface area contributed by atoms with Crippen molar-refractivity contribution in [3.05, 3.63) is 11.5 Å². The second-order valence-electron chi connectivity index (χ2n) is 2.76. The minimum absolute atomic E-state index is 0. The summed E-state index contributed by atoms with van der Waals surface area (Å²) in [7, 11) is 0. The van der Waals surface area contributed by atoms with Gasteiger partial charge in [0.15, 0.2) is 11.9 Å². The summed E-state index contributed by atoms with van der Waals surface area (Å²) in [6, 6.07) is 0. The normalized spacial score (nSPS) is 18.4. The molecule has 0 radical (unpaired) electrons. The zero-order valence-electron chi connectivity index (χ0n) is 11.0. The molecule has 2 atom stereocenters. The van der Waals surface area contributed by atoms with Gasteiger partial charge in [0.25, 0.3) is 0 Å². The maximum atomic E-state index is 10.5. The first-order valence-corrected chi connectivity index (χ1v) is 6.21. The topological polar surface area (TPSA) is 193 Å². The molecule has 4 N–H and O–H groups in total. The molecule has 100 valence electrons. The number of rotatable bonds is 2. The molecule has 0 unspecified atom stereocenters. The van der Waals surface area contributed by atoms with Crippen LogP contribution < -0.4 is 101 Å². The number of hydrogen-bond acceptors (Lipinski definition) is 10. The van der Waals surface area contributed by atoms with Crippen LogP contribution in [-0.4, -0.2) is 45.2 Å². The quantitative estimate of drug-likeness (QED) is 0.271. The predicted octanol–water partition coefficient (Wildman–Crippen LogP) is -14.1. The van der Waals surface area contributed by atoms with Crippen molar-refractivity contribution in [3.8, 4) is 0 Å². The molecule has 14 heteroatoms. The molecule has 0 saturated heterocycles. The molecule has 0 aliphatic carbocycles. The Morgan fingerprint density at radius 2 is 1.55 bits per heavy atom. The van der Waals surface area contributed by atoms with Crippen molar-refractivity contribution in [1.29, 1.82) is 0 Å². The van der Waals surface area contributed by atoms with Crippen molar-refractivity contribution >= 4 is 5.97 Å². The molecule has 0 spiro atoms. The number of aliphatic hydroxyl groups excluding tert-OH is 4. The monoisotopic (exact) mass is 360 g/mol. The Bertz CT molecular complexity index is 360. The summed E-state index contributed by atoms with van der Waals surface area (Å²) in [5.41, 5.74) is 0. The third-order valence-electron chi connectivity index (χ3n) is 1.48. The summed E-state index contributed by atoms with van der Waals surface area (Å²) < 4.78 is 38.8. The second kappa shape index (κ2) is 13.4. The molecule has 0 aromatic carbocycles. The van der Waals surface area contributed by atoms with Crippen molar-refractivity contribution in [2.24, 2.45) is 0 Å². The van der Waals surface area contributed by atoms with Gasteiger partial charge in [-0.25, -0.2) is 4.79 Å². The summed E-state index contributed by atoms with van der Waals surface area (Å²) >= 11 is -5.88. The summed E-state index contributed by atoms with van der Waals surface area (Å²) in [6.07, 6.45) is -2.78. The van der Waals surface area contributed by atoms with E-state index >= 15 is 0 Å². The Balaban J connectivity index is -0.000000141. The third kappa shape index (κ3) is 12.5. The van der Waals surface area contributed by atoms with Gasteiger partial charge in [0.1, 0.15) is 6.10 Å². The molecule has 1 heterocycles. The molecule has 0 aromatic rings. The number of hydrogen-bond donors (Lipinski definition) is 4. The molecule has 1 rings (SSSR count). The average Bonchev–Trinajstić information content (AvgIpc) is 2.42. The van der Waals surface area contributed by atoms with Gasteiger partial charge in [-0.1, -0.05) is 0 Å². The summed E-state index contributed by atoms with van der Waals surface area (Å²) in [5, 5.41) is 35.0. The minimum atomic E-state index is -5.88. The Kier molecular flexibility index (Phi) is 20.1. The first-order valence-electron chi connectivity index (χ1n) is 3.93. The van der Waals surface area contributed by atoms with Crippen molar-refractivity contribution < 1.29 is 149 Å². The molecular weight excluding hydrogens is 352 g/mol. The van der Waals surface area contributed by atoms with Gasteiger partial charge in [0, 0.05) is 0 Å². The SMILES string of the molecule is O=C1O[C@H]([C@@H](O)CO)C(O)=C1O.[Na+].[Na+].[Na+].[O]=[V]([O-])([O-])[O-]. The first-order chi connectivity index (χ1) is 7.57. The van der Waals surface area contributed by atoms with Crippen LogP contribution in [0.2, 0.25) is 0 Å². The molecular formula is C6H8Na3O10V.